The third-order valence-electron chi connectivity index (χ3n) is 2.76. The fourth-order valence-corrected chi connectivity index (χ4v) is 1.59. The summed E-state index contributed by atoms with van der Waals surface area (Å²) < 4.78 is 0. The molecular formula is C15H20N2O. The van der Waals surface area contributed by atoms with E-state index in [2.05, 4.69) is 32.2 Å². The summed E-state index contributed by atoms with van der Waals surface area (Å²) >= 11 is 0. The molecule has 0 aromatic heterocycles. The van der Waals surface area contributed by atoms with Crippen molar-refractivity contribution in [2.24, 2.45) is 0 Å². The number of nitrogens with zero attached hydrogens (tertiary/aromatic N) is 1. The van der Waals surface area contributed by atoms with E-state index in [0.29, 0.717) is 24.9 Å². The van der Waals surface area contributed by atoms with Crippen LogP contribution in [0.2, 0.25) is 0 Å². The molecule has 18 heavy (non-hydrogen) atoms. The maximum atomic E-state index is 11.8. The lowest BCUT2D eigenvalue weighted by atomic mass is 9.87. The van der Waals surface area contributed by atoms with Crippen LogP contribution in [-0.2, 0) is 5.41 Å². The van der Waals surface area contributed by atoms with Crippen LogP contribution in [0.4, 0.5) is 0 Å². The summed E-state index contributed by atoms with van der Waals surface area (Å²) in [6, 6.07) is 9.73. The number of unbranched alkanes of at least 4 members (excludes halogenated alkanes) is 1. The molecule has 3 nitrogen and oxygen atoms in total. The number of benzene rings is 1. The zero-order valence-electron chi connectivity index (χ0n) is 11.3. The maximum absolute atomic E-state index is 11.8. The number of nitrogens with one attached hydrogen (secondary N) is 1. The van der Waals surface area contributed by atoms with Gasteiger partial charge >= 0.3 is 0 Å². The molecule has 0 saturated carbocycles. The van der Waals surface area contributed by atoms with Gasteiger partial charge in [-0.25, -0.2) is 0 Å². The van der Waals surface area contributed by atoms with E-state index in [-0.39, 0.29) is 11.3 Å². The first kappa shape index (κ1) is 14.2. The van der Waals surface area contributed by atoms with Gasteiger partial charge in [0.25, 0.3) is 5.91 Å². The molecule has 1 N–H and O–H groups in total. The summed E-state index contributed by atoms with van der Waals surface area (Å²) in [4.78, 5) is 11.8. The largest absolute Gasteiger partial charge is 0.352 e. The Bertz CT molecular complexity index is 435. The predicted molar refractivity (Wildman–Crippen MR) is 72.3 cm³/mol. The number of nitriles is 1. The molecule has 0 atom stereocenters. The number of hydrogen-bond acceptors (Lipinski definition) is 2. The van der Waals surface area contributed by atoms with E-state index >= 15 is 0 Å². The van der Waals surface area contributed by atoms with Crippen LogP contribution in [0.1, 0.15) is 49.5 Å². The number of carbonyl (C=O) groups excluding carboxylic acids is 1. The Morgan fingerprint density at radius 2 is 1.89 bits per heavy atom. The smallest absolute Gasteiger partial charge is 0.251 e. The fraction of sp³-hybridized carbons (Fsp3) is 0.467. The molecule has 1 amide bonds. The lowest BCUT2D eigenvalue weighted by Crippen LogP contribution is -2.24. The van der Waals surface area contributed by atoms with Crippen LogP contribution in [0.25, 0.3) is 0 Å². The van der Waals surface area contributed by atoms with Crippen molar-refractivity contribution in [2.45, 2.75) is 39.0 Å². The van der Waals surface area contributed by atoms with Crippen molar-refractivity contribution in [1.82, 2.24) is 5.32 Å². The zero-order valence-corrected chi connectivity index (χ0v) is 11.3. The molecule has 0 radical (unpaired) electrons. The van der Waals surface area contributed by atoms with E-state index in [4.69, 9.17) is 5.26 Å². The second-order valence-corrected chi connectivity index (χ2v) is 5.34. The van der Waals surface area contributed by atoms with E-state index in [1.807, 2.05) is 24.3 Å². The molecule has 1 aromatic carbocycles. The summed E-state index contributed by atoms with van der Waals surface area (Å²) in [6.07, 6.45) is 1.17. The Hall–Kier alpha value is -1.82. The molecule has 3 heteroatoms. The van der Waals surface area contributed by atoms with Gasteiger partial charge in [0.05, 0.1) is 6.07 Å². The lowest BCUT2D eigenvalue weighted by molar-refractivity contribution is 0.0953. The van der Waals surface area contributed by atoms with Gasteiger partial charge in [0.2, 0.25) is 0 Å². The molecular weight excluding hydrogens is 224 g/mol. The van der Waals surface area contributed by atoms with Crippen LogP contribution >= 0.6 is 0 Å². The van der Waals surface area contributed by atoms with Gasteiger partial charge in [-0.1, -0.05) is 32.9 Å². The SMILES string of the molecule is CC(C)(C)c1ccc(C(=O)NCCCC#N)cc1. The summed E-state index contributed by atoms with van der Waals surface area (Å²) in [5.41, 5.74) is 1.98. The van der Waals surface area contributed by atoms with Gasteiger partial charge in [0, 0.05) is 18.5 Å². The van der Waals surface area contributed by atoms with Crippen LogP contribution in [-0.4, -0.2) is 12.5 Å². The van der Waals surface area contributed by atoms with E-state index in [1.54, 1.807) is 0 Å². The Labute approximate surface area is 109 Å². The molecule has 1 aromatic rings. The minimum atomic E-state index is -0.0756. The quantitative estimate of drug-likeness (QED) is 0.828. The maximum Gasteiger partial charge on any atom is 0.251 e. The van der Waals surface area contributed by atoms with Crippen molar-refractivity contribution in [3.05, 3.63) is 35.4 Å². The van der Waals surface area contributed by atoms with E-state index < -0.39 is 0 Å². The summed E-state index contributed by atoms with van der Waals surface area (Å²) in [7, 11) is 0. The highest BCUT2D eigenvalue weighted by Crippen LogP contribution is 2.22. The van der Waals surface area contributed by atoms with Crippen molar-refractivity contribution in [3.8, 4) is 6.07 Å². The first-order valence-electron chi connectivity index (χ1n) is 6.21. The average molecular weight is 244 g/mol. The van der Waals surface area contributed by atoms with Crippen molar-refractivity contribution >= 4 is 5.91 Å². The molecule has 0 heterocycles. The molecule has 0 aliphatic carbocycles. The van der Waals surface area contributed by atoms with Gasteiger partial charge in [-0.3, -0.25) is 4.79 Å². The molecule has 1 rings (SSSR count). The van der Waals surface area contributed by atoms with Gasteiger partial charge < -0.3 is 5.32 Å². The fourth-order valence-electron chi connectivity index (χ4n) is 1.59. The summed E-state index contributed by atoms with van der Waals surface area (Å²) in [5.74, 6) is -0.0756. The van der Waals surface area contributed by atoms with Crippen molar-refractivity contribution in [1.29, 1.82) is 5.26 Å². The van der Waals surface area contributed by atoms with Gasteiger partial charge in [0.1, 0.15) is 0 Å². The topological polar surface area (TPSA) is 52.9 Å². The third-order valence-corrected chi connectivity index (χ3v) is 2.76. The van der Waals surface area contributed by atoms with Crippen LogP contribution in [0.5, 0.6) is 0 Å². The van der Waals surface area contributed by atoms with Gasteiger partial charge in [-0.05, 0) is 29.5 Å². The van der Waals surface area contributed by atoms with Crippen LogP contribution in [0, 0.1) is 11.3 Å². The van der Waals surface area contributed by atoms with Gasteiger partial charge in [0.15, 0.2) is 0 Å². The van der Waals surface area contributed by atoms with Crippen LogP contribution in [0.3, 0.4) is 0 Å². The Kier molecular flexibility index (Phi) is 4.91. The minimum absolute atomic E-state index is 0.0756. The van der Waals surface area contributed by atoms with E-state index in [1.165, 1.54) is 5.56 Å². The lowest BCUT2D eigenvalue weighted by Gasteiger charge is -2.19. The molecule has 0 saturated heterocycles. The monoisotopic (exact) mass is 244 g/mol. The molecule has 0 unspecified atom stereocenters. The second-order valence-electron chi connectivity index (χ2n) is 5.34. The summed E-state index contributed by atoms with van der Waals surface area (Å²) in [6.45, 7) is 6.98. The van der Waals surface area contributed by atoms with Crippen LogP contribution in [0.15, 0.2) is 24.3 Å². The Balaban J connectivity index is 2.57. The van der Waals surface area contributed by atoms with Crippen molar-refractivity contribution in [3.63, 3.8) is 0 Å². The molecule has 0 fully saturated rings. The first-order valence-corrected chi connectivity index (χ1v) is 6.21. The highest BCUT2D eigenvalue weighted by atomic mass is 16.1. The Morgan fingerprint density at radius 3 is 2.39 bits per heavy atom. The van der Waals surface area contributed by atoms with Gasteiger partial charge in [-0.2, -0.15) is 5.26 Å². The molecule has 0 aliphatic rings. The standard InChI is InChI=1S/C15H20N2O/c1-15(2,3)13-8-6-12(7-9-13)14(18)17-11-5-4-10-16/h6-9H,4-5,11H2,1-3H3,(H,17,18). The third kappa shape index (κ3) is 4.21. The average Bonchev–Trinajstić information content (AvgIpc) is 2.33. The zero-order chi connectivity index (χ0) is 13.6. The molecule has 0 aliphatic heterocycles. The van der Waals surface area contributed by atoms with Crippen molar-refractivity contribution < 1.29 is 4.79 Å². The second kappa shape index (κ2) is 6.20. The molecule has 0 bridgehead atoms. The first-order chi connectivity index (χ1) is 8.45. The van der Waals surface area contributed by atoms with Gasteiger partial charge in [-0.15, -0.1) is 0 Å². The highest BCUT2D eigenvalue weighted by Gasteiger charge is 2.13. The number of rotatable bonds is 4. The number of carbonyl (C=O) groups is 1. The molecule has 96 valence electrons. The highest BCUT2D eigenvalue weighted by molar-refractivity contribution is 5.94. The van der Waals surface area contributed by atoms with Crippen molar-refractivity contribution in [2.75, 3.05) is 6.54 Å². The normalized spacial score (nSPS) is 10.8. The van der Waals surface area contributed by atoms with Crippen LogP contribution < -0.4 is 5.32 Å². The Morgan fingerprint density at radius 1 is 1.28 bits per heavy atom. The van der Waals surface area contributed by atoms with E-state index in [0.717, 1.165) is 0 Å². The minimum Gasteiger partial charge on any atom is -0.352 e. The predicted octanol–water partition coefficient (Wildman–Crippen LogP) is 3.02. The summed E-state index contributed by atoms with van der Waals surface area (Å²) in [5, 5.41) is 11.2. The number of hydrogen-bond donors (Lipinski definition) is 1. The molecule has 0 spiro atoms. The number of amides is 1. The van der Waals surface area contributed by atoms with E-state index in [9.17, 15) is 4.79 Å².